The maximum Gasteiger partial charge on any atom is 0.274 e. The average molecular weight is 392 g/mol. The van der Waals surface area contributed by atoms with Crippen LogP contribution in [-0.2, 0) is 0 Å². The molecule has 1 aromatic carbocycles. The van der Waals surface area contributed by atoms with E-state index in [0.717, 1.165) is 0 Å². The number of nitrogens with one attached hydrogen (secondary N) is 1. The van der Waals surface area contributed by atoms with Gasteiger partial charge in [-0.05, 0) is 25.2 Å². The summed E-state index contributed by atoms with van der Waals surface area (Å²) in [6.07, 6.45) is 0. The van der Waals surface area contributed by atoms with Crippen LogP contribution >= 0.6 is 35.6 Å². The van der Waals surface area contributed by atoms with Gasteiger partial charge >= 0.3 is 0 Å². The molecule has 24 heavy (non-hydrogen) atoms. The van der Waals surface area contributed by atoms with Crippen molar-refractivity contribution in [1.29, 1.82) is 0 Å². The van der Waals surface area contributed by atoms with Crippen molar-refractivity contribution < 1.29 is 9.53 Å². The standard InChI is InChI=1S/C15H16Cl2N4O2.ClH/c1-18-8-9-21(2)15(22)11-6-7-13(20-19-11)23-12-5-3-4-10(16)14(12)17;/h3-7,18H,8-9H2,1-2H3;1H. The molecule has 1 aromatic heterocycles. The molecule has 1 amide bonds. The maximum atomic E-state index is 12.1. The molecule has 1 N–H and O–H groups in total. The fraction of sp³-hybridized carbons (Fsp3) is 0.267. The lowest BCUT2D eigenvalue weighted by atomic mass is 10.3. The SMILES string of the molecule is CNCCN(C)C(=O)c1ccc(Oc2cccc(Cl)c2Cl)nn1.Cl. The predicted octanol–water partition coefficient (Wildman–Crippen LogP) is 3.29. The first-order valence-electron chi connectivity index (χ1n) is 6.88. The third-order valence-electron chi connectivity index (χ3n) is 3.03. The van der Waals surface area contributed by atoms with E-state index in [-0.39, 0.29) is 29.9 Å². The van der Waals surface area contributed by atoms with E-state index in [2.05, 4.69) is 15.5 Å². The zero-order valence-electron chi connectivity index (χ0n) is 13.1. The Kier molecular flexibility index (Phi) is 8.21. The highest BCUT2D eigenvalue weighted by atomic mass is 35.5. The van der Waals surface area contributed by atoms with Crippen molar-refractivity contribution in [3.05, 3.63) is 46.1 Å². The van der Waals surface area contributed by atoms with Crippen LogP contribution in [0.2, 0.25) is 10.0 Å². The smallest absolute Gasteiger partial charge is 0.274 e. The summed E-state index contributed by atoms with van der Waals surface area (Å²) in [4.78, 5) is 13.7. The number of nitrogens with zero attached hydrogens (tertiary/aromatic N) is 3. The van der Waals surface area contributed by atoms with Crippen LogP contribution in [-0.4, -0.2) is 48.2 Å². The molecule has 2 aromatic rings. The fourth-order valence-corrected chi connectivity index (χ4v) is 2.07. The summed E-state index contributed by atoms with van der Waals surface area (Å²) in [5, 5.41) is 11.4. The minimum atomic E-state index is -0.208. The number of amides is 1. The van der Waals surface area contributed by atoms with Gasteiger partial charge < -0.3 is 15.0 Å². The molecule has 9 heteroatoms. The first-order valence-corrected chi connectivity index (χ1v) is 7.64. The zero-order valence-corrected chi connectivity index (χ0v) is 15.5. The van der Waals surface area contributed by atoms with E-state index in [9.17, 15) is 4.79 Å². The monoisotopic (exact) mass is 390 g/mol. The summed E-state index contributed by atoms with van der Waals surface area (Å²) in [5.74, 6) is 0.391. The lowest BCUT2D eigenvalue weighted by Gasteiger charge is -2.16. The Hall–Kier alpha value is -1.60. The van der Waals surface area contributed by atoms with E-state index < -0.39 is 0 Å². The highest BCUT2D eigenvalue weighted by Crippen LogP contribution is 2.33. The predicted molar refractivity (Wildman–Crippen MR) is 96.7 cm³/mol. The highest BCUT2D eigenvalue weighted by molar-refractivity contribution is 6.42. The van der Waals surface area contributed by atoms with Crippen molar-refractivity contribution in [3.8, 4) is 11.6 Å². The second-order valence-corrected chi connectivity index (χ2v) is 5.53. The number of carbonyl (C=O) groups excluding carboxylic acids is 1. The van der Waals surface area contributed by atoms with Crippen molar-refractivity contribution in [2.45, 2.75) is 0 Å². The summed E-state index contributed by atoms with van der Waals surface area (Å²) < 4.78 is 5.53. The largest absolute Gasteiger partial charge is 0.436 e. The summed E-state index contributed by atoms with van der Waals surface area (Å²) in [6.45, 7) is 1.28. The highest BCUT2D eigenvalue weighted by Gasteiger charge is 2.14. The first-order chi connectivity index (χ1) is 11.0. The van der Waals surface area contributed by atoms with Crippen molar-refractivity contribution in [1.82, 2.24) is 20.4 Å². The second kappa shape index (κ2) is 9.64. The van der Waals surface area contributed by atoms with Crippen LogP contribution in [0.1, 0.15) is 10.5 Å². The number of hydrogen-bond donors (Lipinski definition) is 1. The van der Waals surface area contributed by atoms with Gasteiger partial charge in [-0.25, -0.2) is 0 Å². The summed E-state index contributed by atoms with van der Waals surface area (Å²) in [5.41, 5.74) is 0.244. The molecule has 0 saturated heterocycles. The molecule has 0 atom stereocenters. The Labute approximate surface area is 156 Å². The Morgan fingerprint density at radius 3 is 2.62 bits per heavy atom. The number of likely N-dealkylation sites (N-methyl/N-ethyl adjacent to an activating group) is 2. The Balaban J connectivity index is 0.00000288. The average Bonchev–Trinajstić information content (AvgIpc) is 2.57. The Morgan fingerprint density at radius 1 is 1.25 bits per heavy atom. The van der Waals surface area contributed by atoms with Gasteiger partial charge in [-0.15, -0.1) is 22.6 Å². The molecule has 0 unspecified atom stereocenters. The first kappa shape index (κ1) is 20.4. The molecule has 0 spiro atoms. The fourth-order valence-electron chi connectivity index (χ4n) is 1.74. The third-order valence-corrected chi connectivity index (χ3v) is 3.84. The number of aromatic nitrogens is 2. The molecule has 0 bridgehead atoms. The molecule has 1 heterocycles. The van der Waals surface area contributed by atoms with Gasteiger partial charge in [-0.3, -0.25) is 4.79 Å². The number of rotatable bonds is 6. The number of benzene rings is 1. The molecule has 0 saturated carbocycles. The van der Waals surface area contributed by atoms with Crippen molar-refractivity contribution in [3.63, 3.8) is 0 Å². The number of halogens is 3. The van der Waals surface area contributed by atoms with Gasteiger partial charge in [0.2, 0.25) is 5.88 Å². The van der Waals surface area contributed by atoms with Crippen molar-refractivity contribution in [2.75, 3.05) is 27.2 Å². The van der Waals surface area contributed by atoms with E-state index in [1.54, 1.807) is 42.3 Å². The zero-order chi connectivity index (χ0) is 16.8. The van der Waals surface area contributed by atoms with Crippen molar-refractivity contribution >= 4 is 41.5 Å². The topological polar surface area (TPSA) is 67.4 Å². The van der Waals surface area contributed by atoms with E-state index in [4.69, 9.17) is 27.9 Å². The molecule has 130 valence electrons. The molecule has 0 aliphatic carbocycles. The quantitative estimate of drug-likeness (QED) is 0.818. The number of hydrogen-bond acceptors (Lipinski definition) is 5. The summed E-state index contributed by atoms with van der Waals surface area (Å²) in [6, 6.07) is 8.15. The van der Waals surface area contributed by atoms with Crippen LogP contribution in [0.5, 0.6) is 11.6 Å². The van der Waals surface area contributed by atoms with Gasteiger partial charge in [0.05, 0.1) is 5.02 Å². The van der Waals surface area contributed by atoms with Gasteiger partial charge in [0, 0.05) is 26.2 Å². The third kappa shape index (κ3) is 5.21. The van der Waals surface area contributed by atoms with Crippen LogP contribution in [0.3, 0.4) is 0 Å². The summed E-state index contributed by atoms with van der Waals surface area (Å²) >= 11 is 12.0. The van der Waals surface area contributed by atoms with Gasteiger partial charge in [-0.2, -0.15) is 0 Å². The number of carbonyl (C=O) groups is 1. The molecule has 0 fully saturated rings. The van der Waals surface area contributed by atoms with Crippen LogP contribution < -0.4 is 10.1 Å². The minimum absolute atomic E-state index is 0. The molecular formula is C15H17Cl3N4O2. The van der Waals surface area contributed by atoms with Crippen LogP contribution in [0, 0.1) is 0 Å². The lowest BCUT2D eigenvalue weighted by Crippen LogP contribution is -2.33. The maximum absolute atomic E-state index is 12.1. The molecule has 6 nitrogen and oxygen atoms in total. The van der Waals surface area contributed by atoms with Gasteiger partial charge in [0.25, 0.3) is 5.91 Å². The van der Waals surface area contributed by atoms with E-state index in [0.29, 0.717) is 28.9 Å². The Bertz CT molecular complexity index is 683. The van der Waals surface area contributed by atoms with E-state index in [1.165, 1.54) is 0 Å². The van der Waals surface area contributed by atoms with Crippen LogP contribution in [0.4, 0.5) is 0 Å². The van der Waals surface area contributed by atoms with E-state index >= 15 is 0 Å². The molecule has 0 aliphatic heterocycles. The molecule has 0 aliphatic rings. The van der Waals surface area contributed by atoms with Crippen molar-refractivity contribution in [2.24, 2.45) is 0 Å². The Morgan fingerprint density at radius 2 is 2.00 bits per heavy atom. The summed E-state index contributed by atoms with van der Waals surface area (Å²) in [7, 11) is 3.53. The molecule has 0 radical (unpaired) electrons. The van der Waals surface area contributed by atoms with Gasteiger partial charge in [-0.1, -0.05) is 29.3 Å². The van der Waals surface area contributed by atoms with Crippen LogP contribution in [0.15, 0.2) is 30.3 Å². The number of ether oxygens (including phenoxy) is 1. The molecular weight excluding hydrogens is 375 g/mol. The lowest BCUT2D eigenvalue weighted by molar-refractivity contribution is 0.0789. The van der Waals surface area contributed by atoms with Gasteiger partial charge in [0.15, 0.2) is 5.69 Å². The minimum Gasteiger partial charge on any atom is -0.436 e. The normalized spacial score (nSPS) is 10.0. The van der Waals surface area contributed by atoms with E-state index in [1.807, 2.05) is 7.05 Å². The molecule has 2 rings (SSSR count). The van der Waals surface area contributed by atoms with Crippen LogP contribution in [0.25, 0.3) is 0 Å². The second-order valence-electron chi connectivity index (χ2n) is 4.74. The van der Waals surface area contributed by atoms with Gasteiger partial charge in [0.1, 0.15) is 10.8 Å².